The molecule has 2 heteroatoms. The molecule has 0 amide bonds. The molecule has 0 fully saturated rings. The van der Waals surface area contributed by atoms with Gasteiger partial charge in [0.15, 0.2) is 0 Å². The molecule has 0 aromatic carbocycles. The second-order valence-corrected chi connectivity index (χ2v) is 3.31. The average molecular weight is 208 g/mol. The van der Waals surface area contributed by atoms with Gasteiger partial charge in [0.05, 0.1) is 5.69 Å². The minimum absolute atomic E-state index is 0.860. The highest BCUT2D eigenvalue weighted by Crippen LogP contribution is 2.26. The first-order valence-electron chi connectivity index (χ1n) is 5.01. The van der Waals surface area contributed by atoms with E-state index < -0.39 is 0 Å². The minimum atomic E-state index is 0.860. The van der Waals surface area contributed by atoms with Crippen LogP contribution < -0.4 is 0 Å². The van der Waals surface area contributed by atoms with Crippen LogP contribution in [-0.2, 0) is 0 Å². The van der Waals surface area contributed by atoms with E-state index in [-0.39, 0.29) is 0 Å². The van der Waals surface area contributed by atoms with E-state index in [0.717, 1.165) is 22.4 Å². The maximum atomic E-state index is 4.27. The van der Waals surface area contributed by atoms with E-state index in [1.54, 1.807) is 18.5 Å². The summed E-state index contributed by atoms with van der Waals surface area (Å²) in [5.74, 6) is 0. The lowest BCUT2D eigenvalue weighted by Crippen LogP contribution is -1.90. The predicted octanol–water partition coefficient (Wildman–Crippen LogP) is 3.43. The van der Waals surface area contributed by atoms with E-state index in [9.17, 15) is 0 Å². The van der Waals surface area contributed by atoms with Crippen molar-refractivity contribution in [1.29, 1.82) is 0 Å². The van der Waals surface area contributed by atoms with Crippen molar-refractivity contribution in [2.24, 2.45) is 0 Å². The summed E-state index contributed by atoms with van der Waals surface area (Å²) in [7, 11) is 0. The molecule has 2 heterocycles. The van der Waals surface area contributed by atoms with E-state index in [2.05, 4.69) is 23.1 Å². The zero-order chi connectivity index (χ0) is 11.4. The van der Waals surface area contributed by atoms with E-state index in [0.29, 0.717) is 0 Å². The third-order valence-electron chi connectivity index (χ3n) is 2.40. The second kappa shape index (κ2) is 4.53. The van der Waals surface area contributed by atoms with Gasteiger partial charge >= 0.3 is 0 Å². The summed E-state index contributed by atoms with van der Waals surface area (Å²) in [5.41, 5.74) is 3.96. The summed E-state index contributed by atoms with van der Waals surface area (Å²) in [6.07, 6.45) is 8.89. The van der Waals surface area contributed by atoms with Crippen LogP contribution in [0.2, 0.25) is 0 Å². The lowest BCUT2D eigenvalue weighted by atomic mass is 10.0. The van der Waals surface area contributed by atoms with Crippen molar-refractivity contribution >= 4 is 12.2 Å². The molecule has 2 rings (SSSR count). The predicted molar refractivity (Wildman–Crippen MR) is 67.7 cm³/mol. The summed E-state index contributed by atoms with van der Waals surface area (Å²) in [6.45, 7) is 7.56. The molecule has 0 unspecified atom stereocenters. The van der Waals surface area contributed by atoms with Crippen molar-refractivity contribution in [2.45, 2.75) is 0 Å². The van der Waals surface area contributed by atoms with Crippen LogP contribution in [0.5, 0.6) is 0 Å². The Morgan fingerprint density at radius 1 is 1.00 bits per heavy atom. The third-order valence-corrected chi connectivity index (χ3v) is 2.40. The smallest absolute Gasteiger partial charge is 0.0702 e. The molecule has 2 nitrogen and oxygen atoms in total. The Balaban J connectivity index is 2.67. The maximum Gasteiger partial charge on any atom is 0.0702 e. The number of pyridine rings is 2. The first-order valence-corrected chi connectivity index (χ1v) is 5.01. The third kappa shape index (κ3) is 1.77. The van der Waals surface area contributed by atoms with Gasteiger partial charge in [-0.3, -0.25) is 9.97 Å². The van der Waals surface area contributed by atoms with E-state index >= 15 is 0 Å². The minimum Gasteiger partial charge on any atom is -0.264 e. The van der Waals surface area contributed by atoms with Crippen molar-refractivity contribution in [3.05, 3.63) is 61.2 Å². The molecule has 2 aromatic rings. The second-order valence-electron chi connectivity index (χ2n) is 3.31. The van der Waals surface area contributed by atoms with Gasteiger partial charge < -0.3 is 0 Å². The number of hydrogen-bond donors (Lipinski definition) is 0. The zero-order valence-corrected chi connectivity index (χ0v) is 8.93. The molecular formula is C14H12N2. The molecule has 0 aliphatic carbocycles. The molecular weight excluding hydrogens is 196 g/mol. The van der Waals surface area contributed by atoms with Crippen molar-refractivity contribution in [1.82, 2.24) is 9.97 Å². The van der Waals surface area contributed by atoms with Gasteiger partial charge in [-0.05, 0) is 23.8 Å². The van der Waals surface area contributed by atoms with Crippen LogP contribution in [0.3, 0.4) is 0 Å². The highest BCUT2D eigenvalue weighted by atomic mass is 14.7. The van der Waals surface area contributed by atoms with Crippen molar-refractivity contribution in [2.75, 3.05) is 0 Å². The average Bonchev–Trinajstić information content (AvgIpc) is 2.38. The van der Waals surface area contributed by atoms with Crippen LogP contribution >= 0.6 is 0 Å². The molecule has 0 spiro atoms. The molecule has 0 aliphatic heterocycles. The summed E-state index contributed by atoms with van der Waals surface area (Å²) in [6, 6.07) is 5.85. The summed E-state index contributed by atoms with van der Waals surface area (Å²) in [4.78, 5) is 8.40. The van der Waals surface area contributed by atoms with Gasteiger partial charge in [-0.25, -0.2) is 0 Å². The van der Waals surface area contributed by atoms with Crippen molar-refractivity contribution in [3.8, 4) is 11.1 Å². The first-order chi connectivity index (χ1) is 7.86. The molecule has 0 bridgehead atoms. The van der Waals surface area contributed by atoms with Gasteiger partial charge in [0, 0.05) is 29.7 Å². The number of aromatic nitrogens is 2. The number of nitrogens with zero attached hydrogens (tertiary/aromatic N) is 2. The molecule has 0 radical (unpaired) electrons. The largest absolute Gasteiger partial charge is 0.264 e. The Kier molecular flexibility index (Phi) is 2.92. The quantitative estimate of drug-likeness (QED) is 0.772. The van der Waals surface area contributed by atoms with Gasteiger partial charge in [-0.2, -0.15) is 0 Å². The Hall–Kier alpha value is -2.22. The van der Waals surface area contributed by atoms with Crippen molar-refractivity contribution in [3.63, 3.8) is 0 Å². The Morgan fingerprint density at radius 3 is 2.62 bits per heavy atom. The number of hydrogen-bond acceptors (Lipinski definition) is 2. The van der Waals surface area contributed by atoms with Crippen LogP contribution in [0.15, 0.2) is 49.9 Å². The van der Waals surface area contributed by atoms with Crippen LogP contribution in [0, 0.1) is 0 Å². The van der Waals surface area contributed by atoms with Gasteiger partial charge in [0.2, 0.25) is 0 Å². The van der Waals surface area contributed by atoms with E-state index in [1.165, 1.54) is 0 Å². The van der Waals surface area contributed by atoms with Gasteiger partial charge in [0.1, 0.15) is 0 Å². The normalized spacial score (nSPS) is 9.75. The molecule has 2 aromatic heterocycles. The lowest BCUT2D eigenvalue weighted by molar-refractivity contribution is 1.27. The topological polar surface area (TPSA) is 25.8 Å². The van der Waals surface area contributed by atoms with E-state index in [1.807, 2.05) is 30.5 Å². The monoisotopic (exact) mass is 208 g/mol. The fourth-order valence-corrected chi connectivity index (χ4v) is 1.62. The Morgan fingerprint density at radius 2 is 1.88 bits per heavy atom. The van der Waals surface area contributed by atoms with Gasteiger partial charge in [0.25, 0.3) is 0 Å². The fourth-order valence-electron chi connectivity index (χ4n) is 1.62. The van der Waals surface area contributed by atoms with Crippen LogP contribution in [-0.4, -0.2) is 9.97 Å². The first kappa shape index (κ1) is 10.3. The van der Waals surface area contributed by atoms with Crippen LogP contribution in [0.25, 0.3) is 23.3 Å². The highest BCUT2D eigenvalue weighted by molar-refractivity contribution is 5.78. The molecule has 0 atom stereocenters. The molecule has 0 aliphatic rings. The summed E-state index contributed by atoms with van der Waals surface area (Å²) < 4.78 is 0. The van der Waals surface area contributed by atoms with Crippen LogP contribution in [0.4, 0.5) is 0 Å². The molecule has 78 valence electrons. The summed E-state index contributed by atoms with van der Waals surface area (Å²) >= 11 is 0. The highest BCUT2D eigenvalue weighted by Gasteiger charge is 2.06. The molecule has 0 saturated carbocycles. The van der Waals surface area contributed by atoms with E-state index in [4.69, 9.17) is 0 Å². The molecule has 0 saturated heterocycles. The van der Waals surface area contributed by atoms with Crippen molar-refractivity contribution < 1.29 is 0 Å². The standard InChI is InChI=1S/C14H12N2/c1-3-11-7-9-15-10-13(11)12-6-5-8-16-14(12)4-2/h3-10H,1-2H2. The fraction of sp³-hybridized carbons (Fsp3) is 0. The summed E-state index contributed by atoms with van der Waals surface area (Å²) in [5, 5.41) is 0. The maximum absolute atomic E-state index is 4.27. The lowest BCUT2D eigenvalue weighted by Gasteiger charge is -2.07. The van der Waals surface area contributed by atoms with Crippen LogP contribution in [0.1, 0.15) is 11.3 Å². The number of rotatable bonds is 3. The molecule has 16 heavy (non-hydrogen) atoms. The zero-order valence-electron chi connectivity index (χ0n) is 8.93. The molecule has 0 N–H and O–H groups in total. The van der Waals surface area contributed by atoms with Gasteiger partial charge in [-0.15, -0.1) is 0 Å². The Bertz CT molecular complexity index is 480. The SMILES string of the molecule is C=Cc1ccncc1-c1cccnc1C=C. The Labute approximate surface area is 95.0 Å². The van der Waals surface area contributed by atoms with Gasteiger partial charge in [-0.1, -0.05) is 25.3 Å².